The molecule has 0 saturated heterocycles. The molecule has 3 rings (SSSR count). The molecule has 1 aliphatic carbocycles. The van der Waals surface area contributed by atoms with Crippen molar-refractivity contribution < 1.29 is 9.25 Å². The molecule has 1 aromatic heterocycles. The lowest BCUT2D eigenvalue weighted by Crippen LogP contribution is -2.21. The average molecular weight is 338 g/mol. The maximum Gasteiger partial charge on any atom is 0.248 e. The molecular weight excluding hydrogens is 322 g/mol. The molecule has 1 heterocycles. The van der Waals surface area contributed by atoms with Crippen molar-refractivity contribution in [2.45, 2.75) is 38.3 Å². The molecule has 0 atom stereocenters. The number of benzene rings is 1. The van der Waals surface area contributed by atoms with E-state index in [-0.39, 0.29) is 0 Å². The summed E-state index contributed by atoms with van der Waals surface area (Å²) >= 11 is 3.47. The number of rotatable bonds is 5. The van der Waals surface area contributed by atoms with E-state index < -0.39 is 0 Å². The largest absolute Gasteiger partial charge is 0.419 e. The van der Waals surface area contributed by atoms with Gasteiger partial charge in [-0.3, -0.25) is 4.84 Å². The van der Waals surface area contributed by atoms with Crippen molar-refractivity contribution in [2.75, 3.05) is 0 Å². The zero-order valence-electron chi connectivity index (χ0n) is 11.0. The van der Waals surface area contributed by atoms with Crippen molar-refractivity contribution in [3.63, 3.8) is 0 Å². The van der Waals surface area contributed by atoms with Crippen LogP contribution in [0.3, 0.4) is 0 Å². The minimum Gasteiger partial charge on any atom is -0.419 e. The second kappa shape index (κ2) is 6.47. The lowest BCUT2D eigenvalue weighted by molar-refractivity contribution is -0.0274. The van der Waals surface area contributed by atoms with Crippen LogP contribution in [0.5, 0.6) is 0 Å². The molecule has 6 heteroatoms. The van der Waals surface area contributed by atoms with E-state index in [0.717, 1.165) is 22.9 Å². The van der Waals surface area contributed by atoms with Crippen LogP contribution in [0.1, 0.15) is 31.6 Å². The predicted octanol–water partition coefficient (Wildman–Crippen LogP) is 3.46. The smallest absolute Gasteiger partial charge is 0.248 e. The van der Waals surface area contributed by atoms with E-state index in [9.17, 15) is 0 Å². The van der Waals surface area contributed by atoms with Crippen LogP contribution in [0, 0.1) is 0 Å². The second-order valence-corrected chi connectivity index (χ2v) is 5.68. The summed E-state index contributed by atoms with van der Waals surface area (Å²) in [7, 11) is 0. The summed E-state index contributed by atoms with van der Waals surface area (Å²) in [4.78, 5) is 5.56. The SMILES string of the molecule is Brc1ccccc1-c1nnc(CNOC2CCCC2)o1. The molecule has 1 fully saturated rings. The standard InChI is InChI=1S/C14H16BrN3O2/c15-12-8-4-3-7-11(12)14-18-17-13(19-14)9-16-20-10-5-1-2-6-10/h3-4,7-8,10,16H,1-2,5-6,9H2. The van der Waals surface area contributed by atoms with E-state index in [1.807, 2.05) is 24.3 Å². The van der Waals surface area contributed by atoms with Crippen LogP contribution in [0.15, 0.2) is 33.2 Å². The van der Waals surface area contributed by atoms with Crippen LogP contribution in [-0.2, 0) is 11.4 Å². The molecule has 1 aromatic carbocycles. The monoisotopic (exact) mass is 337 g/mol. The molecule has 1 saturated carbocycles. The fourth-order valence-corrected chi connectivity index (χ4v) is 2.75. The third-order valence-electron chi connectivity index (χ3n) is 3.35. The maximum atomic E-state index is 5.62. The van der Waals surface area contributed by atoms with Crippen LogP contribution in [0.4, 0.5) is 0 Å². The summed E-state index contributed by atoms with van der Waals surface area (Å²) in [5, 5.41) is 8.07. The molecule has 0 bridgehead atoms. The van der Waals surface area contributed by atoms with E-state index in [1.165, 1.54) is 12.8 Å². The van der Waals surface area contributed by atoms with E-state index in [2.05, 4.69) is 31.6 Å². The first kappa shape index (κ1) is 13.7. The maximum absolute atomic E-state index is 5.62. The van der Waals surface area contributed by atoms with E-state index in [1.54, 1.807) is 0 Å². The van der Waals surface area contributed by atoms with Gasteiger partial charge in [0.05, 0.1) is 18.2 Å². The van der Waals surface area contributed by atoms with Gasteiger partial charge < -0.3 is 4.42 Å². The van der Waals surface area contributed by atoms with Gasteiger partial charge in [0.1, 0.15) is 0 Å². The number of halogens is 1. The number of hydroxylamine groups is 1. The van der Waals surface area contributed by atoms with Crippen molar-refractivity contribution in [3.05, 3.63) is 34.6 Å². The Kier molecular flexibility index (Phi) is 4.44. The van der Waals surface area contributed by atoms with E-state index in [4.69, 9.17) is 9.25 Å². The minimum atomic E-state index is 0.320. The summed E-state index contributed by atoms with van der Waals surface area (Å²) in [5.74, 6) is 1.03. The predicted molar refractivity (Wildman–Crippen MR) is 77.6 cm³/mol. The molecule has 0 radical (unpaired) electrons. The number of hydrogen-bond donors (Lipinski definition) is 1. The first-order valence-electron chi connectivity index (χ1n) is 6.79. The average Bonchev–Trinajstić information content (AvgIpc) is 3.11. The van der Waals surface area contributed by atoms with Crippen LogP contribution in [0.2, 0.25) is 0 Å². The zero-order chi connectivity index (χ0) is 13.8. The van der Waals surface area contributed by atoms with Crippen LogP contribution in [-0.4, -0.2) is 16.3 Å². The van der Waals surface area contributed by atoms with Gasteiger partial charge in [0, 0.05) is 4.47 Å². The highest BCUT2D eigenvalue weighted by Gasteiger charge is 2.16. The fraction of sp³-hybridized carbons (Fsp3) is 0.429. The van der Waals surface area contributed by atoms with Gasteiger partial charge >= 0.3 is 0 Å². The molecule has 2 aromatic rings. The highest BCUT2D eigenvalue weighted by Crippen LogP contribution is 2.26. The Hall–Kier alpha value is -1.24. The molecule has 20 heavy (non-hydrogen) atoms. The number of hydrogen-bond acceptors (Lipinski definition) is 5. The summed E-state index contributed by atoms with van der Waals surface area (Å²) < 4.78 is 6.56. The van der Waals surface area contributed by atoms with Gasteiger partial charge in [-0.15, -0.1) is 10.2 Å². The fourth-order valence-electron chi connectivity index (χ4n) is 2.30. The third-order valence-corrected chi connectivity index (χ3v) is 4.04. The lowest BCUT2D eigenvalue weighted by atomic mass is 10.2. The van der Waals surface area contributed by atoms with E-state index in [0.29, 0.717) is 24.4 Å². The van der Waals surface area contributed by atoms with Gasteiger partial charge in [0.25, 0.3) is 0 Å². The first-order chi connectivity index (χ1) is 9.83. The number of nitrogens with zero attached hydrogens (tertiary/aromatic N) is 2. The topological polar surface area (TPSA) is 60.2 Å². The normalized spacial score (nSPS) is 15.8. The van der Waals surface area contributed by atoms with Crippen molar-refractivity contribution in [3.8, 4) is 11.5 Å². The molecule has 0 amide bonds. The molecular formula is C14H16BrN3O2. The van der Waals surface area contributed by atoms with Crippen LogP contribution < -0.4 is 5.48 Å². The summed E-state index contributed by atoms with van der Waals surface area (Å²) in [6.07, 6.45) is 5.07. The molecule has 0 unspecified atom stereocenters. The summed E-state index contributed by atoms with van der Waals surface area (Å²) in [6, 6.07) is 7.76. The zero-order valence-corrected chi connectivity index (χ0v) is 12.6. The van der Waals surface area contributed by atoms with Crippen LogP contribution in [0.25, 0.3) is 11.5 Å². The summed E-state index contributed by atoms with van der Waals surface area (Å²) in [6.45, 7) is 0.425. The van der Waals surface area contributed by atoms with Gasteiger partial charge in [0.2, 0.25) is 11.8 Å². The number of aromatic nitrogens is 2. The van der Waals surface area contributed by atoms with Gasteiger partial charge in [-0.25, -0.2) is 0 Å². The Morgan fingerprint density at radius 1 is 1.25 bits per heavy atom. The second-order valence-electron chi connectivity index (χ2n) is 4.83. The van der Waals surface area contributed by atoms with Gasteiger partial charge in [-0.1, -0.05) is 25.0 Å². The molecule has 1 N–H and O–H groups in total. The van der Waals surface area contributed by atoms with Crippen molar-refractivity contribution in [1.29, 1.82) is 0 Å². The number of nitrogens with one attached hydrogen (secondary N) is 1. The van der Waals surface area contributed by atoms with Gasteiger partial charge in [0.15, 0.2) is 0 Å². The van der Waals surface area contributed by atoms with Crippen molar-refractivity contribution in [2.24, 2.45) is 0 Å². The Labute approximate surface area is 125 Å². The highest BCUT2D eigenvalue weighted by molar-refractivity contribution is 9.10. The van der Waals surface area contributed by atoms with Gasteiger partial charge in [-0.05, 0) is 40.9 Å². The highest BCUT2D eigenvalue weighted by atomic mass is 79.9. The molecule has 1 aliphatic rings. The minimum absolute atomic E-state index is 0.320. The summed E-state index contributed by atoms with van der Waals surface area (Å²) in [5.41, 5.74) is 3.81. The van der Waals surface area contributed by atoms with Crippen molar-refractivity contribution in [1.82, 2.24) is 15.7 Å². The van der Waals surface area contributed by atoms with Gasteiger partial charge in [-0.2, -0.15) is 5.48 Å². The Balaban J connectivity index is 1.58. The quantitative estimate of drug-likeness (QED) is 0.846. The Morgan fingerprint density at radius 2 is 2.05 bits per heavy atom. The van der Waals surface area contributed by atoms with Crippen molar-refractivity contribution >= 4 is 15.9 Å². The molecule has 5 nitrogen and oxygen atoms in total. The van der Waals surface area contributed by atoms with Crippen LogP contribution >= 0.6 is 15.9 Å². The molecule has 0 aliphatic heterocycles. The first-order valence-corrected chi connectivity index (χ1v) is 7.58. The molecule has 106 valence electrons. The Morgan fingerprint density at radius 3 is 2.85 bits per heavy atom. The lowest BCUT2D eigenvalue weighted by Gasteiger charge is -2.09. The third kappa shape index (κ3) is 3.26. The Bertz CT molecular complexity index is 567. The molecule has 0 spiro atoms. The van der Waals surface area contributed by atoms with E-state index >= 15 is 0 Å².